The van der Waals surface area contributed by atoms with Crippen LogP contribution in [0.4, 0.5) is 0 Å². The van der Waals surface area contributed by atoms with Crippen molar-refractivity contribution in [2.75, 3.05) is 26.3 Å². The molecule has 27 heavy (non-hydrogen) atoms. The van der Waals surface area contributed by atoms with Crippen LogP contribution in [0.3, 0.4) is 0 Å². The quantitative estimate of drug-likeness (QED) is 0.670. The summed E-state index contributed by atoms with van der Waals surface area (Å²) in [6.07, 6.45) is 5.86. The van der Waals surface area contributed by atoms with Crippen LogP contribution in [0.2, 0.25) is 0 Å². The zero-order valence-corrected chi connectivity index (χ0v) is 17.1. The lowest BCUT2D eigenvalue weighted by atomic mass is 9.57. The maximum Gasteiger partial charge on any atom is 0.220 e. The molecule has 1 aromatic rings. The number of unbranched alkanes of at least 4 members (excludes halogenated alkanes) is 2. The number of aromatic nitrogens is 1. The van der Waals surface area contributed by atoms with Gasteiger partial charge in [-0.1, -0.05) is 38.8 Å². The monoisotopic (exact) mass is 377 g/mol. The molecule has 2 fully saturated rings. The lowest BCUT2D eigenvalue weighted by Gasteiger charge is -2.52. The molecule has 2 atom stereocenters. The summed E-state index contributed by atoms with van der Waals surface area (Å²) in [7, 11) is 0. The molecule has 152 valence electrons. The number of nitrogens with zero attached hydrogens (tertiary/aromatic N) is 2. The SMILES string of the molecule is CCCCCC(=O)NC1CC(Cc2cc(CN3CCOCC3)on2)C1(C)C. The Balaban J connectivity index is 1.44. The summed E-state index contributed by atoms with van der Waals surface area (Å²) in [5, 5.41) is 7.52. The van der Waals surface area contributed by atoms with Crippen molar-refractivity contribution in [1.82, 2.24) is 15.4 Å². The molecule has 2 heterocycles. The van der Waals surface area contributed by atoms with Crippen LogP contribution < -0.4 is 5.32 Å². The maximum absolute atomic E-state index is 12.1. The van der Waals surface area contributed by atoms with Gasteiger partial charge >= 0.3 is 0 Å². The fraction of sp³-hybridized carbons (Fsp3) is 0.810. The molecule has 1 aliphatic heterocycles. The van der Waals surface area contributed by atoms with Gasteiger partial charge in [0.2, 0.25) is 5.91 Å². The summed E-state index contributed by atoms with van der Waals surface area (Å²) in [6.45, 7) is 11.0. The Labute approximate surface area is 163 Å². The van der Waals surface area contributed by atoms with Crippen LogP contribution in [0.25, 0.3) is 0 Å². The molecule has 0 radical (unpaired) electrons. The number of nitrogens with one attached hydrogen (secondary N) is 1. The molecule has 1 saturated heterocycles. The van der Waals surface area contributed by atoms with E-state index in [2.05, 4.69) is 42.2 Å². The van der Waals surface area contributed by atoms with Gasteiger partial charge in [-0.3, -0.25) is 9.69 Å². The van der Waals surface area contributed by atoms with Crippen molar-refractivity contribution in [1.29, 1.82) is 0 Å². The Morgan fingerprint density at radius 3 is 2.81 bits per heavy atom. The summed E-state index contributed by atoms with van der Waals surface area (Å²) in [5.41, 5.74) is 1.13. The van der Waals surface area contributed by atoms with E-state index < -0.39 is 0 Å². The van der Waals surface area contributed by atoms with Gasteiger partial charge < -0.3 is 14.6 Å². The molecule has 3 rings (SSSR count). The highest BCUT2D eigenvalue weighted by atomic mass is 16.5. The second-order valence-electron chi connectivity index (χ2n) is 8.71. The number of ether oxygens (including phenoxy) is 1. The molecule has 1 saturated carbocycles. The molecule has 0 aromatic carbocycles. The van der Waals surface area contributed by atoms with E-state index in [1.165, 1.54) is 0 Å². The molecule has 6 nitrogen and oxygen atoms in total. The number of hydrogen-bond donors (Lipinski definition) is 1. The number of hydrogen-bond acceptors (Lipinski definition) is 5. The van der Waals surface area contributed by atoms with Crippen LogP contribution in [-0.4, -0.2) is 48.3 Å². The van der Waals surface area contributed by atoms with E-state index in [9.17, 15) is 4.79 Å². The zero-order chi connectivity index (χ0) is 19.3. The van der Waals surface area contributed by atoms with Gasteiger partial charge in [0.25, 0.3) is 0 Å². The van der Waals surface area contributed by atoms with Crippen LogP contribution >= 0.6 is 0 Å². The van der Waals surface area contributed by atoms with Gasteiger partial charge in [0, 0.05) is 31.6 Å². The molecule has 0 spiro atoms. The van der Waals surface area contributed by atoms with E-state index in [-0.39, 0.29) is 17.4 Å². The van der Waals surface area contributed by atoms with Crippen molar-refractivity contribution in [2.24, 2.45) is 11.3 Å². The first-order chi connectivity index (χ1) is 13.0. The third kappa shape index (κ3) is 5.32. The minimum absolute atomic E-state index is 0.101. The first-order valence-corrected chi connectivity index (χ1v) is 10.5. The van der Waals surface area contributed by atoms with Crippen molar-refractivity contribution in [3.8, 4) is 0 Å². The zero-order valence-electron chi connectivity index (χ0n) is 17.1. The summed E-state index contributed by atoms with van der Waals surface area (Å²) < 4.78 is 10.9. The molecule has 1 aliphatic carbocycles. The lowest BCUT2D eigenvalue weighted by Crippen LogP contribution is -2.58. The van der Waals surface area contributed by atoms with Crippen molar-refractivity contribution in [3.05, 3.63) is 17.5 Å². The predicted molar refractivity (Wildman–Crippen MR) is 104 cm³/mol. The number of amides is 1. The molecule has 1 aromatic heterocycles. The number of rotatable bonds is 9. The van der Waals surface area contributed by atoms with Crippen molar-refractivity contribution >= 4 is 5.91 Å². The lowest BCUT2D eigenvalue weighted by molar-refractivity contribution is -0.125. The second kappa shape index (κ2) is 9.20. The van der Waals surface area contributed by atoms with Crippen molar-refractivity contribution in [3.63, 3.8) is 0 Å². The van der Waals surface area contributed by atoms with Gasteiger partial charge in [-0.2, -0.15) is 0 Å². The molecule has 0 bridgehead atoms. The summed E-state index contributed by atoms with van der Waals surface area (Å²) >= 11 is 0. The van der Waals surface area contributed by atoms with E-state index >= 15 is 0 Å². The average molecular weight is 378 g/mol. The van der Waals surface area contributed by atoms with E-state index in [1.807, 2.05) is 0 Å². The third-order valence-electron chi connectivity index (χ3n) is 6.36. The van der Waals surface area contributed by atoms with Crippen LogP contribution in [0.1, 0.15) is 64.3 Å². The summed E-state index contributed by atoms with van der Waals surface area (Å²) in [5.74, 6) is 1.67. The number of morpholine rings is 1. The highest BCUT2D eigenvalue weighted by Gasteiger charge is 2.48. The Morgan fingerprint density at radius 2 is 2.11 bits per heavy atom. The normalized spacial score (nSPS) is 25.1. The van der Waals surface area contributed by atoms with Gasteiger partial charge in [0.15, 0.2) is 5.76 Å². The Morgan fingerprint density at radius 1 is 1.33 bits per heavy atom. The minimum atomic E-state index is 0.101. The topological polar surface area (TPSA) is 67.6 Å². The number of carbonyl (C=O) groups excluding carboxylic acids is 1. The minimum Gasteiger partial charge on any atom is -0.379 e. The Kier molecular flexibility index (Phi) is 6.93. The molecular weight excluding hydrogens is 342 g/mol. The predicted octanol–water partition coefficient (Wildman–Crippen LogP) is 3.16. The first kappa shape index (κ1) is 20.3. The Hall–Kier alpha value is -1.40. The first-order valence-electron chi connectivity index (χ1n) is 10.5. The fourth-order valence-corrected chi connectivity index (χ4v) is 4.17. The third-order valence-corrected chi connectivity index (χ3v) is 6.36. The molecule has 2 unspecified atom stereocenters. The van der Waals surface area contributed by atoms with Gasteiger partial charge in [-0.05, 0) is 30.6 Å². The van der Waals surface area contributed by atoms with Crippen LogP contribution in [-0.2, 0) is 22.5 Å². The largest absolute Gasteiger partial charge is 0.379 e. The fourth-order valence-electron chi connectivity index (χ4n) is 4.17. The average Bonchev–Trinajstić information content (AvgIpc) is 3.09. The van der Waals surface area contributed by atoms with Gasteiger partial charge in [0.05, 0.1) is 25.5 Å². The van der Waals surface area contributed by atoms with Crippen LogP contribution in [0, 0.1) is 11.3 Å². The van der Waals surface area contributed by atoms with E-state index in [0.29, 0.717) is 12.3 Å². The second-order valence-corrected chi connectivity index (χ2v) is 8.71. The maximum atomic E-state index is 12.1. The van der Waals surface area contributed by atoms with E-state index in [4.69, 9.17) is 9.26 Å². The molecule has 6 heteroatoms. The van der Waals surface area contributed by atoms with Crippen molar-refractivity contribution in [2.45, 2.75) is 71.9 Å². The van der Waals surface area contributed by atoms with Crippen LogP contribution in [0.15, 0.2) is 10.6 Å². The van der Waals surface area contributed by atoms with Gasteiger partial charge in [-0.25, -0.2) is 0 Å². The van der Waals surface area contributed by atoms with Crippen molar-refractivity contribution < 1.29 is 14.1 Å². The van der Waals surface area contributed by atoms with Gasteiger partial charge in [-0.15, -0.1) is 0 Å². The number of carbonyl (C=O) groups is 1. The standard InChI is InChI=1S/C21H35N3O3/c1-4-5-6-7-20(25)22-19-13-16(21(19,2)3)12-17-14-18(27-23-17)15-24-8-10-26-11-9-24/h14,16,19H,4-13,15H2,1-3H3,(H,22,25). The van der Waals surface area contributed by atoms with Gasteiger partial charge in [0.1, 0.15) is 0 Å². The smallest absolute Gasteiger partial charge is 0.220 e. The molecule has 1 amide bonds. The highest BCUT2D eigenvalue weighted by molar-refractivity contribution is 5.76. The highest BCUT2D eigenvalue weighted by Crippen LogP contribution is 2.47. The van der Waals surface area contributed by atoms with Crippen LogP contribution in [0.5, 0.6) is 0 Å². The Bertz CT molecular complexity index is 608. The molecule has 2 aliphatic rings. The van der Waals surface area contributed by atoms with E-state index in [0.717, 1.165) is 76.4 Å². The molecular formula is C21H35N3O3. The molecule has 1 N–H and O–H groups in total. The van der Waals surface area contributed by atoms with E-state index in [1.54, 1.807) is 0 Å². The summed E-state index contributed by atoms with van der Waals surface area (Å²) in [4.78, 5) is 14.5. The summed E-state index contributed by atoms with van der Waals surface area (Å²) in [6, 6.07) is 2.37.